The number of rotatable bonds is 4. The number of anilines is 3. The summed E-state index contributed by atoms with van der Waals surface area (Å²) in [6.45, 7) is 0. The highest BCUT2D eigenvalue weighted by Gasteiger charge is 2.26. The van der Waals surface area contributed by atoms with E-state index in [1.807, 2.05) is 0 Å². The molecule has 0 aliphatic heterocycles. The molecule has 43 heavy (non-hydrogen) atoms. The molecular formula is C41H27NO. The number of benzene rings is 7. The van der Waals surface area contributed by atoms with Crippen LogP contribution in [0.15, 0.2) is 156 Å². The van der Waals surface area contributed by atoms with Crippen molar-refractivity contribution in [2.24, 2.45) is 0 Å². The third kappa shape index (κ3) is 3.73. The Morgan fingerprint density at radius 3 is 1.84 bits per heavy atom. The van der Waals surface area contributed by atoms with Crippen LogP contribution >= 0.6 is 0 Å². The van der Waals surface area contributed by atoms with E-state index in [4.69, 9.17) is 4.42 Å². The van der Waals surface area contributed by atoms with Crippen molar-refractivity contribution in [3.63, 3.8) is 0 Å². The van der Waals surface area contributed by atoms with Crippen LogP contribution in [0.1, 0.15) is 11.1 Å². The highest BCUT2D eigenvalue weighted by molar-refractivity contribution is 6.24. The maximum absolute atomic E-state index is 6.83. The first kappa shape index (κ1) is 24.0. The molecule has 0 fully saturated rings. The Labute approximate surface area is 250 Å². The fourth-order valence-corrected chi connectivity index (χ4v) is 6.96. The highest BCUT2D eigenvalue weighted by Crippen LogP contribution is 2.48. The lowest BCUT2D eigenvalue weighted by molar-refractivity contribution is 0.670. The highest BCUT2D eigenvalue weighted by atomic mass is 16.3. The molecule has 2 heteroatoms. The summed E-state index contributed by atoms with van der Waals surface area (Å²) in [5.74, 6) is 0. The van der Waals surface area contributed by atoms with E-state index in [-0.39, 0.29) is 0 Å². The van der Waals surface area contributed by atoms with Crippen molar-refractivity contribution in [2.45, 2.75) is 6.42 Å². The molecule has 1 aliphatic carbocycles. The molecule has 0 N–H and O–H groups in total. The monoisotopic (exact) mass is 549 g/mol. The molecule has 0 amide bonds. The first-order chi connectivity index (χ1) is 21.3. The summed E-state index contributed by atoms with van der Waals surface area (Å²) in [5.41, 5.74) is 12.9. The predicted molar refractivity (Wildman–Crippen MR) is 180 cm³/mol. The number of fused-ring (bicyclic) bond motifs is 9. The van der Waals surface area contributed by atoms with Gasteiger partial charge in [0.2, 0.25) is 0 Å². The quantitative estimate of drug-likeness (QED) is 0.217. The summed E-state index contributed by atoms with van der Waals surface area (Å²) in [5, 5.41) is 4.85. The summed E-state index contributed by atoms with van der Waals surface area (Å²) in [4.78, 5) is 2.33. The largest absolute Gasteiger partial charge is 0.455 e. The zero-order chi connectivity index (χ0) is 28.3. The van der Waals surface area contributed by atoms with Crippen molar-refractivity contribution in [1.82, 2.24) is 0 Å². The van der Waals surface area contributed by atoms with Crippen LogP contribution in [0.4, 0.5) is 17.1 Å². The van der Waals surface area contributed by atoms with Crippen LogP contribution in [0.5, 0.6) is 0 Å². The van der Waals surface area contributed by atoms with E-state index < -0.39 is 0 Å². The number of nitrogens with zero attached hydrogens (tertiary/aromatic N) is 1. The molecule has 0 atom stereocenters. The molecule has 1 aromatic heterocycles. The first-order valence-corrected chi connectivity index (χ1v) is 14.8. The van der Waals surface area contributed by atoms with Crippen molar-refractivity contribution in [3.8, 4) is 22.3 Å². The van der Waals surface area contributed by atoms with Crippen LogP contribution in [-0.4, -0.2) is 0 Å². The van der Waals surface area contributed by atoms with E-state index in [0.29, 0.717) is 0 Å². The zero-order valence-electron chi connectivity index (χ0n) is 23.5. The van der Waals surface area contributed by atoms with Gasteiger partial charge in [-0.05, 0) is 87.5 Å². The van der Waals surface area contributed by atoms with Gasteiger partial charge in [0.15, 0.2) is 0 Å². The van der Waals surface area contributed by atoms with Crippen molar-refractivity contribution < 1.29 is 4.42 Å². The van der Waals surface area contributed by atoms with Crippen LogP contribution in [0.3, 0.4) is 0 Å². The molecule has 2 nitrogen and oxygen atoms in total. The van der Waals surface area contributed by atoms with Gasteiger partial charge in [0, 0.05) is 33.4 Å². The normalized spacial score (nSPS) is 12.1. The Bertz CT molecular complexity index is 2260. The Kier molecular flexibility index (Phi) is 5.30. The maximum atomic E-state index is 6.83. The number of para-hydroxylation sites is 2. The van der Waals surface area contributed by atoms with Gasteiger partial charge >= 0.3 is 0 Å². The van der Waals surface area contributed by atoms with Gasteiger partial charge in [-0.15, -0.1) is 0 Å². The Morgan fingerprint density at radius 1 is 0.465 bits per heavy atom. The molecule has 7 aromatic carbocycles. The number of furan rings is 1. The lowest BCUT2D eigenvalue weighted by Gasteiger charge is -2.26. The SMILES string of the molecule is c1ccc(-c2cc3oc4c5c(ccc4c3c3ccccc23)Cc2cc(N(c3ccccc3)c3ccccc3)ccc2-5)cc1. The third-order valence-electron chi connectivity index (χ3n) is 8.84. The van der Waals surface area contributed by atoms with Gasteiger partial charge in [0.1, 0.15) is 11.2 Å². The van der Waals surface area contributed by atoms with E-state index in [0.717, 1.165) is 34.6 Å². The van der Waals surface area contributed by atoms with Crippen molar-refractivity contribution in [2.75, 3.05) is 4.90 Å². The van der Waals surface area contributed by atoms with E-state index in [1.165, 1.54) is 54.9 Å². The van der Waals surface area contributed by atoms with E-state index in [2.05, 4.69) is 157 Å². The van der Waals surface area contributed by atoms with Gasteiger partial charge in [-0.3, -0.25) is 0 Å². The van der Waals surface area contributed by atoms with E-state index >= 15 is 0 Å². The summed E-state index contributed by atoms with van der Waals surface area (Å²) in [7, 11) is 0. The Hall–Kier alpha value is -5.60. The second kappa shape index (κ2) is 9.47. The van der Waals surface area contributed by atoms with Gasteiger partial charge < -0.3 is 9.32 Å². The van der Waals surface area contributed by atoms with Crippen LogP contribution < -0.4 is 4.90 Å². The maximum Gasteiger partial charge on any atom is 0.143 e. The lowest BCUT2D eigenvalue weighted by atomic mass is 9.94. The van der Waals surface area contributed by atoms with E-state index in [9.17, 15) is 0 Å². The molecule has 0 spiro atoms. The molecule has 0 unspecified atom stereocenters. The minimum Gasteiger partial charge on any atom is -0.455 e. The molecular weight excluding hydrogens is 522 g/mol. The van der Waals surface area contributed by atoms with Crippen LogP contribution in [-0.2, 0) is 6.42 Å². The Balaban J connectivity index is 1.24. The molecule has 0 bridgehead atoms. The fourth-order valence-electron chi connectivity index (χ4n) is 6.96. The van der Waals surface area contributed by atoms with Crippen molar-refractivity contribution >= 4 is 49.8 Å². The minimum absolute atomic E-state index is 0.888. The van der Waals surface area contributed by atoms with Crippen molar-refractivity contribution in [1.29, 1.82) is 0 Å². The molecule has 1 heterocycles. The standard InChI is InChI=1S/C41H27NO/c1-4-12-27(13-5-1)37-26-38-40(35-19-11-10-18-34(35)37)36-22-20-28-24-29-25-32(21-23-33(29)39(28)41(36)43-38)42(30-14-6-2-7-15-30)31-16-8-3-9-17-31/h1-23,25-26H,24H2. The topological polar surface area (TPSA) is 16.4 Å². The fraction of sp³-hybridized carbons (Fsp3) is 0.0244. The molecule has 1 aliphatic rings. The molecule has 0 saturated heterocycles. The van der Waals surface area contributed by atoms with Crippen LogP contribution in [0.2, 0.25) is 0 Å². The van der Waals surface area contributed by atoms with E-state index in [1.54, 1.807) is 0 Å². The number of hydrogen-bond acceptors (Lipinski definition) is 2. The zero-order valence-corrected chi connectivity index (χ0v) is 23.5. The van der Waals surface area contributed by atoms with Gasteiger partial charge in [-0.2, -0.15) is 0 Å². The predicted octanol–water partition coefficient (Wildman–Crippen LogP) is 11.4. The molecule has 0 saturated carbocycles. The lowest BCUT2D eigenvalue weighted by Crippen LogP contribution is -2.09. The van der Waals surface area contributed by atoms with Gasteiger partial charge in [0.25, 0.3) is 0 Å². The van der Waals surface area contributed by atoms with Gasteiger partial charge in [0.05, 0.1) is 0 Å². The van der Waals surface area contributed by atoms with Crippen molar-refractivity contribution in [3.05, 3.63) is 163 Å². The molecule has 0 radical (unpaired) electrons. The number of hydrogen-bond donors (Lipinski definition) is 0. The van der Waals surface area contributed by atoms with Crippen LogP contribution in [0.25, 0.3) is 55.0 Å². The summed E-state index contributed by atoms with van der Waals surface area (Å²) in [6.07, 6.45) is 0.888. The molecule has 8 aromatic rings. The van der Waals surface area contributed by atoms with Gasteiger partial charge in [-0.1, -0.05) is 109 Å². The van der Waals surface area contributed by atoms with Crippen LogP contribution in [0, 0.1) is 0 Å². The third-order valence-corrected chi connectivity index (χ3v) is 8.84. The first-order valence-electron chi connectivity index (χ1n) is 14.8. The smallest absolute Gasteiger partial charge is 0.143 e. The molecule has 202 valence electrons. The summed E-state index contributed by atoms with van der Waals surface area (Å²) < 4.78 is 6.83. The average Bonchev–Trinajstić information content (AvgIpc) is 3.64. The minimum atomic E-state index is 0.888. The van der Waals surface area contributed by atoms with Gasteiger partial charge in [-0.25, -0.2) is 0 Å². The second-order valence-corrected chi connectivity index (χ2v) is 11.3. The average molecular weight is 550 g/mol. The summed E-state index contributed by atoms with van der Waals surface area (Å²) in [6, 6.07) is 54.2. The second-order valence-electron chi connectivity index (χ2n) is 11.3. The Morgan fingerprint density at radius 2 is 1.12 bits per heavy atom. The molecule has 9 rings (SSSR count). The summed E-state index contributed by atoms with van der Waals surface area (Å²) >= 11 is 0.